The summed E-state index contributed by atoms with van der Waals surface area (Å²) in [4.78, 5) is 22.7. The van der Waals surface area contributed by atoms with Gasteiger partial charge in [-0.25, -0.2) is 0 Å². The van der Waals surface area contributed by atoms with Gasteiger partial charge in [0.15, 0.2) is 0 Å². The summed E-state index contributed by atoms with van der Waals surface area (Å²) in [5.41, 5.74) is 5.06. The van der Waals surface area contributed by atoms with Gasteiger partial charge in [0.1, 0.15) is 11.6 Å². The van der Waals surface area contributed by atoms with E-state index >= 15 is 0 Å². The summed E-state index contributed by atoms with van der Waals surface area (Å²) in [7, 11) is 0. The van der Waals surface area contributed by atoms with Crippen LogP contribution >= 0.6 is 0 Å². The maximum absolute atomic E-state index is 11.5. The number of ether oxygens (including phenoxy) is 2. The molecule has 100 valence electrons. The number of carbonyl (C=O) groups excluding carboxylic acids is 2. The minimum Gasteiger partial charge on any atom is -0.463 e. The Kier molecular flexibility index (Phi) is 6.16. The molecule has 0 aromatic carbocycles. The molecular formula is C12H23NO4. The van der Waals surface area contributed by atoms with Crippen LogP contribution in [0.3, 0.4) is 0 Å². The third kappa shape index (κ3) is 8.68. The number of carbonyl (C=O) groups is 2. The average Bonchev–Trinajstić information content (AvgIpc) is 2.10. The molecule has 1 atom stereocenters. The second kappa shape index (κ2) is 6.59. The highest BCUT2D eigenvalue weighted by atomic mass is 16.6. The van der Waals surface area contributed by atoms with Crippen molar-refractivity contribution in [3.05, 3.63) is 0 Å². The molecule has 0 aliphatic carbocycles. The highest BCUT2D eigenvalue weighted by molar-refractivity contribution is 5.77. The molecule has 0 saturated carbocycles. The average molecular weight is 245 g/mol. The van der Waals surface area contributed by atoms with Gasteiger partial charge in [0.05, 0.1) is 6.10 Å². The van der Waals surface area contributed by atoms with E-state index in [1.807, 2.05) is 0 Å². The normalized spacial score (nSPS) is 13.4. The molecule has 0 spiro atoms. The van der Waals surface area contributed by atoms with E-state index in [-0.39, 0.29) is 24.9 Å². The Bertz CT molecular complexity index is 268. The van der Waals surface area contributed by atoms with Crippen molar-refractivity contribution in [1.82, 2.24) is 0 Å². The number of hydrogen-bond donors (Lipinski definition) is 1. The molecular weight excluding hydrogens is 222 g/mol. The van der Waals surface area contributed by atoms with Crippen LogP contribution in [0, 0.1) is 0 Å². The van der Waals surface area contributed by atoms with Crippen LogP contribution in [-0.2, 0) is 19.1 Å². The van der Waals surface area contributed by atoms with Crippen molar-refractivity contribution < 1.29 is 19.1 Å². The van der Waals surface area contributed by atoms with Gasteiger partial charge >= 0.3 is 11.9 Å². The zero-order valence-electron chi connectivity index (χ0n) is 11.3. The number of hydrogen-bond acceptors (Lipinski definition) is 5. The first-order chi connectivity index (χ1) is 7.61. The third-order valence-electron chi connectivity index (χ3n) is 1.74. The summed E-state index contributed by atoms with van der Waals surface area (Å²) in [6.45, 7) is 8.84. The van der Waals surface area contributed by atoms with Gasteiger partial charge in [0.25, 0.3) is 0 Å². The fourth-order valence-corrected chi connectivity index (χ4v) is 1.09. The number of esters is 2. The van der Waals surface area contributed by atoms with Crippen LogP contribution in [0.2, 0.25) is 0 Å². The van der Waals surface area contributed by atoms with Crippen molar-refractivity contribution in [2.45, 2.75) is 65.2 Å². The van der Waals surface area contributed by atoms with Crippen LogP contribution in [-0.4, -0.2) is 29.7 Å². The van der Waals surface area contributed by atoms with E-state index in [1.165, 1.54) is 0 Å². The molecule has 0 heterocycles. The maximum atomic E-state index is 11.5. The summed E-state index contributed by atoms with van der Waals surface area (Å²) in [6, 6.07) is -0.783. The van der Waals surface area contributed by atoms with Crippen molar-refractivity contribution in [1.29, 1.82) is 0 Å². The summed E-state index contributed by atoms with van der Waals surface area (Å²) in [6.07, 6.45) is 0.208. The molecule has 5 heteroatoms. The second-order valence-electron chi connectivity index (χ2n) is 5.22. The third-order valence-corrected chi connectivity index (χ3v) is 1.74. The van der Waals surface area contributed by atoms with Gasteiger partial charge in [-0.15, -0.1) is 0 Å². The molecule has 0 aliphatic heterocycles. The van der Waals surface area contributed by atoms with Crippen molar-refractivity contribution in [3.63, 3.8) is 0 Å². The van der Waals surface area contributed by atoms with Gasteiger partial charge in [0.2, 0.25) is 0 Å². The molecule has 0 aromatic heterocycles. The van der Waals surface area contributed by atoms with Gasteiger partial charge in [0, 0.05) is 6.42 Å². The quantitative estimate of drug-likeness (QED) is 0.740. The molecule has 0 aromatic rings. The van der Waals surface area contributed by atoms with Gasteiger partial charge in [-0.2, -0.15) is 0 Å². The van der Waals surface area contributed by atoms with Crippen LogP contribution in [0.4, 0.5) is 0 Å². The van der Waals surface area contributed by atoms with Crippen molar-refractivity contribution in [3.8, 4) is 0 Å². The Labute approximate surface area is 103 Å². The van der Waals surface area contributed by atoms with Crippen molar-refractivity contribution >= 4 is 11.9 Å². The fraction of sp³-hybridized carbons (Fsp3) is 0.833. The molecule has 0 bridgehead atoms. The molecule has 5 nitrogen and oxygen atoms in total. The van der Waals surface area contributed by atoms with E-state index in [9.17, 15) is 9.59 Å². The van der Waals surface area contributed by atoms with Crippen LogP contribution in [0.25, 0.3) is 0 Å². The maximum Gasteiger partial charge on any atom is 0.323 e. The summed E-state index contributed by atoms with van der Waals surface area (Å²) in [5, 5.41) is 0. The molecule has 0 fully saturated rings. The molecule has 0 saturated heterocycles. The largest absolute Gasteiger partial charge is 0.463 e. The van der Waals surface area contributed by atoms with Crippen LogP contribution in [0.15, 0.2) is 0 Å². The Balaban J connectivity index is 3.98. The van der Waals surface area contributed by atoms with Gasteiger partial charge in [-0.3, -0.25) is 9.59 Å². The minimum atomic E-state index is -0.783. The predicted octanol–water partition coefficient (Wildman–Crippen LogP) is 1.39. The van der Waals surface area contributed by atoms with Crippen LogP contribution in [0.5, 0.6) is 0 Å². The predicted molar refractivity (Wildman–Crippen MR) is 64.3 cm³/mol. The van der Waals surface area contributed by atoms with E-state index in [1.54, 1.807) is 34.6 Å². The van der Waals surface area contributed by atoms with Crippen LogP contribution < -0.4 is 5.73 Å². The summed E-state index contributed by atoms with van der Waals surface area (Å²) in [5.74, 6) is -0.839. The zero-order valence-corrected chi connectivity index (χ0v) is 11.3. The van der Waals surface area contributed by atoms with E-state index in [2.05, 4.69) is 0 Å². The molecule has 2 N–H and O–H groups in total. The van der Waals surface area contributed by atoms with Crippen molar-refractivity contribution in [2.24, 2.45) is 5.73 Å². The van der Waals surface area contributed by atoms with E-state index in [0.717, 1.165) is 0 Å². The standard InChI is InChI=1S/C12H23NO4/c1-8(2)16-10(14)7-6-9(13)11(15)17-12(3,4)5/h8-9H,6-7,13H2,1-5H3/t9-/m1/s1. The minimum absolute atomic E-state index is 0.124. The van der Waals surface area contributed by atoms with E-state index in [0.29, 0.717) is 0 Å². The second-order valence-corrected chi connectivity index (χ2v) is 5.22. The fourth-order valence-electron chi connectivity index (χ4n) is 1.09. The molecule has 0 unspecified atom stereocenters. The highest BCUT2D eigenvalue weighted by Crippen LogP contribution is 2.10. The lowest BCUT2D eigenvalue weighted by Crippen LogP contribution is -2.37. The van der Waals surface area contributed by atoms with Gasteiger partial charge in [-0.1, -0.05) is 0 Å². The Morgan fingerprint density at radius 2 is 1.76 bits per heavy atom. The first-order valence-electron chi connectivity index (χ1n) is 5.79. The SMILES string of the molecule is CC(C)OC(=O)CC[C@@H](N)C(=O)OC(C)(C)C. The lowest BCUT2D eigenvalue weighted by molar-refractivity contribution is -0.157. The lowest BCUT2D eigenvalue weighted by Gasteiger charge is -2.22. The van der Waals surface area contributed by atoms with E-state index in [4.69, 9.17) is 15.2 Å². The summed E-state index contributed by atoms with van der Waals surface area (Å²) >= 11 is 0. The first-order valence-corrected chi connectivity index (χ1v) is 5.79. The smallest absolute Gasteiger partial charge is 0.323 e. The lowest BCUT2D eigenvalue weighted by atomic mass is 10.1. The number of nitrogens with two attached hydrogens (primary N) is 1. The Hall–Kier alpha value is -1.10. The molecule has 0 rings (SSSR count). The Morgan fingerprint density at radius 1 is 1.24 bits per heavy atom. The number of rotatable bonds is 5. The van der Waals surface area contributed by atoms with Gasteiger partial charge in [-0.05, 0) is 41.0 Å². The van der Waals surface area contributed by atoms with Gasteiger partial charge < -0.3 is 15.2 Å². The molecule has 17 heavy (non-hydrogen) atoms. The monoisotopic (exact) mass is 245 g/mol. The topological polar surface area (TPSA) is 78.6 Å². The summed E-state index contributed by atoms with van der Waals surface area (Å²) < 4.78 is 10.0. The first kappa shape index (κ1) is 15.9. The highest BCUT2D eigenvalue weighted by Gasteiger charge is 2.22. The molecule has 0 amide bonds. The molecule has 0 radical (unpaired) electrons. The van der Waals surface area contributed by atoms with Crippen LogP contribution in [0.1, 0.15) is 47.5 Å². The molecule has 0 aliphatic rings. The van der Waals surface area contributed by atoms with E-state index < -0.39 is 17.6 Å². The van der Waals surface area contributed by atoms with Crippen molar-refractivity contribution in [2.75, 3.05) is 0 Å². The zero-order chi connectivity index (χ0) is 13.6. The Morgan fingerprint density at radius 3 is 2.18 bits per heavy atom.